The fourth-order valence-electron chi connectivity index (χ4n) is 7.03. The molecule has 48 heavy (non-hydrogen) atoms. The normalized spacial score (nSPS) is 12.6. The van der Waals surface area contributed by atoms with E-state index in [0.29, 0.717) is 22.5 Å². The molecular formula is C42H26N4O2. The van der Waals surface area contributed by atoms with E-state index < -0.39 is 0 Å². The van der Waals surface area contributed by atoms with Crippen molar-refractivity contribution in [2.24, 2.45) is 0 Å². The van der Waals surface area contributed by atoms with Crippen LogP contribution in [-0.2, 0) is 0 Å². The molecule has 6 aromatic carbocycles. The van der Waals surface area contributed by atoms with Gasteiger partial charge in [0.2, 0.25) is 0 Å². The van der Waals surface area contributed by atoms with Gasteiger partial charge in [0.1, 0.15) is 6.33 Å². The quantitative estimate of drug-likeness (QED) is 0.180. The Balaban J connectivity index is 1.25. The van der Waals surface area contributed by atoms with Crippen molar-refractivity contribution in [3.8, 4) is 39.1 Å². The number of benzene rings is 6. The van der Waals surface area contributed by atoms with Crippen LogP contribution in [0.25, 0.3) is 60.9 Å². The van der Waals surface area contributed by atoms with E-state index in [1.54, 1.807) is 18.5 Å². The number of nitrogens with zero attached hydrogens (tertiary/aromatic N) is 4. The van der Waals surface area contributed by atoms with E-state index in [9.17, 15) is 9.59 Å². The molecule has 0 unspecified atom stereocenters. The first-order chi connectivity index (χ1) is 23.7. The number of hydrogen-bond acceptors (Lipinski definition) is 4. The van der Waals surface area contributed by atoms with Crippen molar-refractivity contribution >= 4 is 39.3 Å². The third-order valence-corrected chi connectivity index (χ3v) is 9.13. The monoisotopic (exact) mass is 618 g/mol. The molecule has 0 saturated heterocycles. The Kier molecular flexibility index (Phi) is 6.33. The number of hydrogen-bond donors (Lipinski definition) is 0. The van der Waals surface area contributed by atoms with Gasteiger partial charge in [-0.15, -0.1) is 0 Å². The average Bonchev–Trinajstić information content (AvgIpc) is 3.62. The van der Waals surface area contributed by atoms with E-state index in [-0.39, 0.29) is 11.8 Å². The molecule has 0 saturated carbocycles. The average molecular weight is 619 g/mol. The molecule has 1 aliphatic rings. The molecule has 0 bridgehead atoms. The molecule has 6 nitrogen and oxygen atoms in total. The summed E-state index contributed by atoms with van der Waals surface area (Å²) in [6.07, 6.45) is 5.12. The van der Waals surface area contributed by atoms with Crippen molar-refractivity contribution in [2.75, 3.05) is 4.90 Å². The number of carbonyl (C=O) groups excluding carboxylic acids is 2. The van der Waals surface area contributed by atoms with Crippen LogP contribution in [0.5, 0.6) is 0 Å². The molecule has 3 heterocycles. The molecule has 0 fully saturated rings. The minimum absolute atomic E-state index is 0.341. The molecule has 0 radical (unpaired) electrons. The summed E-state index contributed by atoms with van der Waals surface area (Å²) in [6, 6.07) is 45.7. The predicted molar refractivity (Wildman–Crippen MR) is 190 cm³/mol. The summed E-state index contributed by atoms with van der Waals surface area (Å²) in [5.41, 5.74) is 9.46. The highest BCUT2D eigenvalue weighted by Crippen LogP contribution is 2.44. The number of para-hydroxylation sites is 1. The second-order valence-electron chi connectivity index (χ2n) is 11.8. The number of amides is 2. The number of rotatable bonds is 5. The SMILES string of the molecule is O=C1c2cccc(-n3c4ccccc4c4cc(-c5cncnc5)ccc43)c2C(=O)N1c1cccc(-c2ccccc2)c1-c1ccccc1. The first kappa shape index (κ1) is 27.6. The summed E-state index contributed by atoms with van der Waals surface area (Å²) in [6.45, 7) is 0. The Morgan fingerprint density at radius 2 is 1.08 bits per heavy atom. The van der Waals surface area contributed by atoms with Crippen LogP contribution >= 0.6 is 0 Å². The highest BCUT2D eigenvalue weighted by Gasteiger charge is 2.40. The number of anilines is 1. The van der Waals surface area contributed by atoms with Crippen LogP contribution in [0, 0.1) is 0 Å². The Morgan fingerprint density at radius 3 is 1.85 bits per heavy atom. The Labute approximate surface area is 276 Å². The van der Waals surface area contributed by atoms with E-state index in [1.165, 1.54) is 11.2 Å². The van der Waals surface area contributed by atoms with E-state index in [1.807, 2.05) is 109 Å². The summed E-state index contributed by atoms with van der Waals surface area (Å²) in [5.74, 6) is -0.691. The van der Waals surface area contributed by atoms with E-state index in [2.05, 4.69) is 38.8 Å². The van der Waals surface area contributed by atoms with Gasteiger partial charge in [-0.05, 0) is 58.7 Å². The molecule has 0 atom stereocenters. The highest BCUT2D eigenvalue weighted by molar-refractivity contribution is 6.36. The summed E-state index contributed by atoms with van der Waals surface area (Å²) < 4.78 is 2.10. The summed E-state index contributed by atoms with van der Waals surface area (Å²) >= 11 is 0. The molecule has 0 spiro atoms. The summed E-state index contributed by atoms with van der Waals surface area (Å²) in [5, 5.41) is 2.07. The first-order valence-electron chi connectivity index (χ1n) is 15.7. The maximum Gasteiger partial charge on any atom is 0.268 e. The van der Waals surface area contributed by atoms with E-state index in [4.69, 9.17) is 0 Å². The van der Waals surface area contributed by atoms with Gasteiger partial charge in [-0.25, -0.2) is 14.9 Å². The van der Waals surface area contributed by atoms with Crippen LogP contribution in [0.2, 0.25) is 0 Å². The van der Waals surface area contributed by atoms with Gasteiger partial charge in [-0.2, -0.15) is 0 Å². The zero-order valence-corrected chi connectivity index (χ0v) is 25.6. The second kappa shape index (κ2) is 11.0. The molecule has 9 rings (SSSR count). The van der Waals surface area contributed by atoms with Gasteiger partial charge in [0.25, 0.3) is 11.8 Å². The molecule has 0 aliphatic carbocycles. The van der Waals surface area contributed by atoms with Gasteiger partial charge in [0, 0.05) is 34.3 Å². The fourth-order valence-corrected chi connectivity index (χ4v) is 7.03. The zero-order chi connectivity index (χ0) is 32.2. The molecule has 6 heteroatoms. The van der Waals surface area contributed by atoms with Gasteiger partial charge < -0.3 is 4.57 Å². The lowest BCUT2D eigenvalue weighted by atomic mass is 9.92. The molecule has 2 amide bonds. The van der Waals surface area contributed by atoms with Crippen molar-refractivity contribution < 1.29 is 9.59 Å². The van der Waals surface area contributed by atoms with Crippen LogP contribution in [0.15, 0.2) is 158 Å². The number of aromatic nitrogens is 3. The molecule has 0 N–H and O–H groups in total. The molecule has 2 aromatic heterocycles. The summed E-state index contributed by atoms with van der Waals surface area (Å²) in [4.78, 5) is 38.9. The lowest BCUT2D eigenvalue weighted by Gasteiger charge is -2.22. The van der Waals surface area contributed by atoms with Crippen molar-refractivity contribution in [3.63, 3.8) is 0 Å². The Hall–Kier alpha value is -6.66. The molecule has 1 aliphatic heterocycles. The first-order valence-corrected chi connectivity index (χ1v) is 15.7. The van der Waals surface area contributed by atoms with Crippen LogP contribution in [0.3, 0.4) is 0 Å². The predicted octanol–water partition coefficient (Wildman–Crippen LogP) is 9.38. The molecule has 226 valence electrons. The Bertz CT molecular complexity index is 2540. The van der Waals surface area contributed by atoms with Gasteiger partial charge in [0.05, 0.1) is 33.5 Å². The minimum atomic E-state index is -0.350. The van der Waals surface area contributed by atoms with Gasteiger partial charge in [-0.3, -0.25) is 9.59 Å². The maximum absolute atomic E-state index is 14.7. The fraction of sp³-hybridized carbons (Fsp3) is 0. The standard InChI is InChI=1S/C42H26N4O2/c47-41-33-17-10-20-38(45-35-18-8-7-15-32(35)34-23-29(21-22-36(34)45)30-24-43-26-44-25-30)40(33)42(48)46(41)37-19-9-16-31(27-11-3-1-4-12-27)39(37)28-13-5-2-6-14-28/h1-26H. The minimum Gasteiger partial charge on any atom is -0.308 e. The largest absolute Gasteiger partial charge is 0.308 e. The summed E-state index contributed by atoms with van der Waals surface area (Å²) in [7, 11) is 0. The number of imide groups is 1. The van der Waals surface area contributed by atoms with Crippen LogP contribution < -0.4 is 4.90 Å². The lowest BCUT2D eigenvalue weighted by Crippen LogP contribution is -2.30. The second-order valence-corrected chi connectivity index (χ2v) is 11.8. The van der Waals surface area contributed by atoms with Crippen LogP contribution in [0.1, 0.15) is 20.7 Å². The van der Waals surface area contributed by atoms with E-state index in [0.717, 1.165) is 55.2 Å². The van der Waals surface area contributed by atoms with Crippen molar-refractivity contribution in [1.82, 2.24) is 14.5 Å². The maximum atomic E-state index is 14.7. The number of fused-ring (bicyclic) bond motifs is 4. The van der Waals surface area contributed by atoms with E-state index >= 15 is 0 Å². The smallest absolute Gasteiger partial charge is 0.268 e. The Morgan fingerprint density at radius 1 is 0.438 bits per heavy atom. The number of carbonyl (C=O) groups is 2. The molecule has 8 aromatic rings. The third-order valence-electron chi connectivity index (χ3n) is 9.13. The van der Waals surface area contributed by atoms with Gasteiger partial charge in [0.15, 0.2) is 0 Å². The van der Waals surface area contributed by atoms with Gasteiger partial charge in [-0.1, -0.05) is 103 Å². The van der Waals surface area contributed by atoms with Gasteiger partial charge >= 0.3 is 0 Å². The third kappa shape index (κ3) is 4.20. The topological polar surface area (TPSA) is 68.1 Å². The van der Waals surface area contributed by atoms with Crippen LogP contribution in [0.4, 0.5) is 5.69 Å². The highest BCUT2D eigenvalue weighted by atomic mass is 16.2. The van der Waals surface area contributed by atoms with Crippen molar-refractivity contribution in [2.45, 2.75) is 0 Å². The molecular weight excluding hydrogens is 592 g/mol. The van der Waals surface area contributed by atoms with Crippen molar-refractivity contribution in [3.05, 3.63) is 169 Å². The van der Waals surface area contributed by atoms with Crippen molar-refractivity contribution in [1.29, 1.82) is 0 Å². The zero-order valence-electron chi connectivity index (χ0n) is 25.6. The van der Waals surface area contributed by atoms with Crippen LogP contribution in [-0.4, -0.2) is 26.3 Å². The lowest BCUT2D eigenvalue weighted by molar-refractivity contribution is 0.0926.